The van der Waals surface area contributed by atoms with Crippen LogP contribution in [0.4, 0.5) is 0 Å². The second kappa shape index (κ2) is 12.1. The molecule has 198 valence electrons. The van der Waals surface area contributed by atoms with Gasteiger partial charge in [0.15, 0.2) is 0 Å². The Hall–Kier alpha value is -4.22. The number of carbonyl (C=O) groups excluding carboxylic acids is 1. The Kier molecular flexibility index (Phi) is 8.18. The zero-order valence-electron chi connectivity index (χ0n) is 22.2. The molecule has 5 heteroatoms. The summed E-state index contributed by atoms with van der Waals surface area (Å²) in [5.74, 6) is -0.341. The average molecular weight is 519 g/mol. The molecule has 0 radical (unpaired) electrons. The second-order valence-corrected chi connectivity index (χ2v) is 10.3. The fraction of sp³-hybridized carbons (Fsp3) is 0.235. The first kappa shape index (κ1) is 26.4. The highest BCUT2D eigenvalue weighted by molar-refractivity contribution is 5.92. The molecule has 4 aromatic rings. The Morgan fingerprint density at radius 1 is 0.949 bits per heavy atom. The van der Waals surface area contributed by atoms with Crippen LogP contribution < -0.4 is 5.32 Å². The number of piperidine rings is 1. The molecule has 1 fully saturated rings. The minimum atomic E-state index is -0.961. The van der Waals surface area contributed by atoms with Crippen molar-refractivity contribution in [3.63, 3.8) is 0 Å². The van der Waals surface area contributed by atoms with E-state index in [0.29, 0.717) is 19.0 Å². The van der Waals surface area contributed by atoms with Crippen molar-refractivity contribution < 1.29 is 14.7 Å². The molecule has 0 saturated carbocycles. The van der Waals surface area contributed by atoms with E-state index in [4.69, 9.17) is 5.11 Å². The fourth-order valence-corrected chi connectivity index (χ4v) is 5.60. The summed E-state index contributed by atoms with van der Waals surface area (Å²) in [5.41, 5.74) is 3.59. The number of nitrogens with zero attached hydrogens (tertiary/aromatic N) is 1. The molecule has 2 unspecified atom stereocenters. The van der Waals surface area contributed by atoms with Gasteiger partial charge in [0.25, 0.3) is 0 Å². The van der Waals surface area contributed by atoms with Gasteiger partial charge in [0.1, 0.15) is 0 Å². The van der Waals surface area contributed by atoms with Crippen molar-refractivity contribution in [2.45, 2.75) is 25.3 Å². The molecule has 2 N–H and O–H groups in total. The highest BCUT2D eigenvalue weighted by Crippen LogP contribution is 2.33. The fourth-order valence-electron chi connectivity index (χ4n) is 5.60. The first-order chi connectivity index (χ1) is 19.0. The van der Waals surface area contributed by atoms with Crippen molar-refractivity contribution in [1.29, 1.82) is 0 Å². The number of fused-ring (bicyclic) bond motifs is 1. The topological polar surface area (TPSA) is 69.6 Å². The predicted molar refractivity (Wildman–Crippen MR) is 157 cm³/mol. The number of aromatic carboxylic acids is 1. The number of nitrogens with one attached hydrogen (secondary N) is 1. The first-order valence-electron chi connectivity index (χ1n) is 13.6. The summed E-state index contributed by atoms with van der Waals surface area (Å²) < 4.78 is 0. The molecule has 5 rings (SSSR count). The highest BCUT2D eigenvalue weighted by atomic mass is 16.4. The normalized spacial score (nSPS) is 18.3. The molecule has 0 spiro atoms. The van der Waals surface area contributed by atoms with Crippen LogP contribution >= 0.6 is 0 Å². The van der Waals surface area contributed by atoms with E-state index < -0.39 is 5.97 Å². The van der Waals surface area contributed by atoms with Crippen LogP contribution in [-0.4, -0.2) is 41.5 Å². The molecule has 1 aliphatic rings. The largest absolute Gasteiger partial charge is 0.478 e. The van der Waals surface area contributed by atoms with Gasteiger partial charge in [-0.1, -0.05) is 84.9 Å². The third kappa shape index (κ3) is 6.27. The van der Waals surface area contributed by atoms with E-state index in [2.05, 4.69) is 79.0 Å². The Labute approximate surface area is 229 Å². The lowest BCUT2D eigenvalue weighted by Crippen LogP contribution is -2.45. The number of likely N-dealkylation sites (tertiary alicyclic amines) is 1. The minimum Gasteiger partial charge on any atom is -0.478 e. The average Bonchev–Trinajstić information content (AvgIpc) is 2.99. The van der Waals surface area contributed by atoms with Crippen LogP contribution in [0.5, 0.6) is 0 Å². The zero-order valence-corrected chi connectivity index (χ0v) is 22.2. The molecule has 1 saturated heterocycles. The van der Waals surface area contributed by atoms with Crippen molar-refractivity contribution in [1.82, 2.24) is 10.2 Å². The summed E-state index contributed by atoms with van der Waals surface area (Å²) in [6.45, 7) is 4.48. The summed E-state index contributed by atoms with van der Waals surface area (Å²) in [7, 11) is 0. The number of rotatable bonds is 8. The Morgan fingerprint density at radius 3 is 2.44 bits per heavy atom. The van der Waals surface area contributed by atoms with Gasteiger partial charge in [0.05, 0.1) is 5.56 Å². The van der Waals surface area contributed by atoms with E-state index in [9.17, 15) is 9.59 Å². The number of hydrogen-bond acceptors (Lipinski definition) is 3. The van der Waals surface area contributed by atoms with Crippen molar-refractivity contribution in [2.75, 3.05) is 19.6 Å². The quantitative estimate of drug-likeness (QED) is 0.260. The first-order valence-corrected chi connectivity index (χ1v) is 13.6. The van der Waals surface area contributed by atoms with E-state index in [1.165, 1.54) is 21.9 Å². The van der Waals surface area contributed by atoms with Crippen LogP contribution in [0.3, 0.4) is 0 Å². The molecular formula is C34H34N2O3. The van der Waals surface area contributed by atoms with Crippen LogP contribution in [-0.2, 0) is 4.79 Å². The lowest BCUT2D eigenvalue weighted by atomic mass is 9.80. The molecule has 0 aliphatic carbocycles. The summed E-state index contributed by atoms with van der Waals surface area (Å²) in [6.07, 6.45) is 4.27. The van der Waals surface area contributed by atoms with Crippen molar-refractivity contribution in [3.8, 4) is 0 Å². The molecular weight excluding hydrogens is 484 g/mol. The van der Waals surface area contributed by atoms with Crippen LogP contribution in [0, 0.1) is 5.92 Å². The maximum absolute atomic E-state index is 13.1. The number of hydrogen-bond donors (Lipinski definition) is 2. The van der Waals surface area contributed by atoms with Gasteiger partial charge in [-0.25, -0.2) is 4.79 Å². The molecule has 5 nitrogen and oxygen atoms in total. The molecule has 39 heavy (non-hydrogen) atoms. The number of carboxylic acid groups (broad SMARTS) is 1. The molecule has 1 amide bonds. The lowest BCUT2D eigenvalue weighted by Gasteiger charge is -2.39. The van der Waals surface area contributed by atoms with Gasteiger partial charge in [-0.3, -0.25) is 4.79 Å². The van der Waals surface area contributed by atoms with Gasteiger partial charge < -0.3 is 15.3 Å². The smallest absolute Gasteiger partial charge is 0.335 e. The lowest BCUT2D eigenvalue weighted by molar-refractivity contribution is -0.127. The number of carboxylic acids is 1. The SMILES string of the molecule is C[C@@H](NCC1CCN(C(=O)C=Cc2ccc(C(=O)O)cc2)CC1c1ccccc1)c1cccc2ccccc12. The molecule has 0 bridgehead atoms. The standard InChI is InChI=1S/C34H34N2O3/c1-24(30-13-7-11-26-10-5-6-12-31(26)30)35-22-29-20-21-36(23-32(29)27-8-3-2-4-9-27)33(37)19-16-25-14-17-28(18-15-25)34(38)39/h2-19,24,29,32,35H,20-23H2,1H3,(H,38,39)/t24-,29?,32?/m1/s1. The summed E-state index contributed by atoms with van der Waals surface area (Å²) >= 11 is 0. The Bertz CT molecular complexity index is 1460. The highest BCUT2D eigenvalue weighted by Gasteiger charge is 2.32. The summed E-state index contributed by atoms with van der Waals surface area (Å²) in [6, 6.07) is 32.3. The summed E-state index contributed by atoms with van der Waals surface area (Å²) in [5, 5.41) is 15.4. The summed E-state index contributed by atoms with van der Waals surface area (Å²) in [4.78, 5) is 26.2. The van der Waals surface area contributed by atoms with E-state index >= 15 is 0 Å². The van der Waals surface area contributed by atoms with Gasteiger partial charge >= 0.3 is 5.97 Å². The van der Waals surface area contributed by atoms with Gasteiger partial charge in [-0.2, -0.15) is 0 Å². The maximum atomic E-state index is 13.1. The Morgan fingerprint density at radius 2 is 1.67 bits per heavy atom. The van der Waals surface area contributed by atoms with E-state index in [1.54, 1.807) is 36.4 Å². The minimum absolute atomic E-state index is 0.0197. The van der Waals surface area contributed by atoms with Crippen molar-refractivity contribution in [2.24, 2.45) is 5.92 Å². The van der Waals surface area contributed by atoms with Gasteiger partial charge in [0, 0.05) is 31.1 Å². The molecule has 1 heterocycles. The zero-order chi connectivity index (χ0) is 27.2. The Balaban J connectivity index is 1.27. The molecule has 0 aromatic heterocycles. The predicted octanol–water partition coefficient (Wildman–Crippen LogP) is 6.53. The van der Waals surface area contributed by atoms with E-state index in [1.807, 2.05) is 11.0 Å². The number of amides is 1. The van der Waals surface area contributed by atoms with Crippen LogP contribution in [0.15, 0.2) is 103 Å². The maximum Gasteiger partial charge on any atom is 0.335 e. The van der Waals surface area contributed by atoms with Crippen LogP contribution in [0.25, 0.3) is 16.8 Å². The van der Waals surface area contributed by atoms with Crippen molar-refractivity contribution in [3.05, 3.63) is 125 Å². The second-order valence-electron chi connectivity index (χ2n) is 10.3. The number of benzene rings is 4. The molecule has 1 aliphatic heterocycles. The van der Waals surface area contributed by atoms with Crippen molar-refractivity contribution >= 4 is 28.7 Å². The van der Waals surface area contributed by atoms with Gasteiger partial charge in [0.2, 0.25) is 5.91 Å². The van der Waals surface area contributed by atoms with Crippen LogP contribution in [0.2, 0.25) is 0 Å². The molecule has 3 atom stereocenters. The third-order valence-electron chi connectivity index (χ3n) is 7.85. The molecule has 4 aromatic carbocycles. The third-order valence-corrected chi connectivity index (χ3v) is 7.85. The van der Waals surface area contributed by atoms with E-state index in [0.717, 1.165) is 18.5 Å². The number of carbonyl (C=O) groups is 2. The van der Waals surface area contributed by atoms with Crippen LogP contribution in [0.1, 0.15) is 52.4 Å². The van der Waals surface area contributed by atoms with Gasteiger partial charge in [-0.15, -0.1) is 0 Å². The van der Waals surface area contributed by atoms with E-state index in [-0.39, 0.29) is 23.4 Å². The monoisotopic (exact) mass is 518 g/mol. The van der Waals surface area contributed by atoms with Gasteiger partial charge in [-0.05, 0) is 71.5 Å².